The molecule has 0 N–H and O–H groups in total. The number of azo groups is 1. The molecule has 0 radical (unpaired) electrons. The number of amides is 1. The van der Waals surface area contributed by atoms with Crippen molar-refractivity contribution in [3.05, 3.63) is 41.4 Å². The first kappa shape index (κ1) is 9.72. The molecule has 0 saturated carbocycles. The van der Waals surface area contributed by atoms with Gasteiger partial charge in [-0.3, -0.25) is 4.79 Å². The van der Waals surface area contributed by atoms with Crippen molar-refractivity contribution in [3.8, 4) is 0 Å². The molecule has 0 atom stereocenters. The van der Waals surface area contributed by atoms with Crippen molar-refractivity contribution in [2.24, 2.45) is 10.2 Å². The molecule has 0 aliphatic carbocycles. The van der Waals surface area contributed by atoms with E-state index in [1.54, 1.807) is 18.2 Å². The van der Waals surface area contributed by atoms with Crippen LogP contribution in [0.3, 0.4) is 0 Å². The molecule has 0 aromatic heterocycles. The molecule has 1 aliphatic heterocycles. The molecule has 6 heteroatoms. The monoisotopic (exact) mass is 222 g/mol. The Bertz CT molecular complexity index is 558. The first-order valence-electron chi connectivity index (χ1n) is 4.08. The zero-order valence-corrected chi connectivity index (χ0v) is 8.31. The van der Waals surface area contributed by atoms with Crippen LogP contribution in [0.2, 0.25) is 0 Å². The number of sulfone groups is 1. The van der Waals surface area contributed by atoms with Crippen molar-refractivity contribution in [2.45, 2.75) is 4.90 Å². The Hall–Kier alpha value is -1.82. The van der Waals surface area contributed by atoms with Crippen LogP contribution in [0.15, 0.2) is 56.6 Å². The summed E-state index contributed by atoms with van der Waals surface area (Å²) >= 11 is 0. The van der Waals surface area contributed by atoms with E-state index in [4.69, 9.17) is 0 Å². The van der Waals surface area contributed by atoms with E-state index in [-0.39, 0.29) is 9.80 Å². The highest BCUT2D eigenvalue weighted by Crippen LogP contribution is 2.22. The van der Waals surface area contributed by atoms with Crippen LogP contribution in [0.1, 0.15) is 0 Å². The van der Waals surface area contributed by atoms with Gasteiger partial charge < -0.3 is 0 Å². The Balaban J connectivity index is 2.51. The van der Waals surface area contributed by atoms with Gasteiger partial charge >= 0.3 is 5.91 Å². The van der Waals surface area contributed by atoms with Crippen molar-refractivity contribution in [1.29, 1.82) is 0 Å². The molecule has 5 nitrogen and oxygen atoms in total. The van der Waals surface area contributed by atoms with E-state index in [1.807, 2.05) is 0 Å². The van der Waals surface area contributed by atoms with Crippen LogP contribution in [0.5, 0.6) is 0 Å². The van der Waals surface area contributed by atoms with Crippen LogP contribution in [0.25, 0.3) is 0 Å². The summed E-state index contributed by atoms with van der Waals surface area (Å²) in [5, 5.41) is 6.40. The zero-order chi connectivity index (χ0) is 10.9. The SMILES string of the molecule is O=C1N=NC=C1S(=O)(=O)c1ccccc1. The lowest BCUT2D eigenvalue weighted by atomic mass is 10.4. The highest BCUT2D eigenvalue weighted by Gasteiger charge is 2.29. The molecule has 1 heterocycles. The van der Waals surface area contributed by atoms with Gasteiger partial charge in [0, 0.05) is 0 Å². The summed E-state index contributed by atoms with van der Waals surface area (Å²) in [5.74, 6) is -0.821. The fourth-order valence-corrected chi connectivity index (χ4v) is 2.38. The molecule has 1 aliphatic rings. The minimum atomic E-state index is -3.76. The van der Waals surface area contributed by atoms with Gasteiger partial charge in [-0.05, 0) is 12.1 Å². The van der Waals surface area contributed by atoms with E-state index in [0.717, 1.165) is 6.20 Å². The number of carbonyl (C=O) groups is 1. The fraction of sp³-hybridized carbons (Fsp3) is 0. The zero-order valence-electron chi connectivity index (χ0n) is 7.49. The lowest BCUT2D eigenvalue weighted by Gasteiger charge is -2.01. The normalized spacial score (nSPS) is 15.5. The standard InChI is InChI=1S/C9H6N2O3S/c12-9-8(6-10-11-9)15(13,14)7-4-2-1-3-5-7/h1-6H. The molecule has 2 rings (SSSR count). The van der Waals surface area contributed by atoms with Crippen LogP contribution >= 0.6 is 0 Å². The Kier molecular flexibility index (Phi) is 2.20. The van der Waals surface area contributed by atoms with Gasteiger partial charge in [0.15, 0.2) is 4.91 Å². The minimum absolute atomic E-state index is 0.0666. The number of hydrogen-bond donors (Lipinski definition) is 0. The largest absolute Gasteiger partial charge is 0.308 e. The van der Waals surface area contributed by atoms with Crippen molar-refractivity contribution < 1.29 is 13.2 Å². The molecule has 15 heavy (non-hydrogen) atoms. The van der Waals surface area contributed by atoms with E-state index >= 15 is 0 Å². The van der Waals surface area contributed by atoms with Crippen LogP contribution in [0.4, 0.5) is 0 Å². The maximum Gasteiger partial charge on any atom is 0.308 e. The molecule has 1 aromatic carbocycles. The van der Waals surface area contributed by atoms with Crippen molar-refractivity contribution in [2.75, 3.05) is 0 Å². The molecular weight excluding hydrogens is 216 g/mol. The predicted molar refractivity (Wildman–Crippen MR) is 51.6 cm³/mol. The number of nitrogens with zero attached hydrogens (tertiary/aromatic N) is 2. The van der Waals surface area contributed by atoms with Gasteiger partial charge in [-0.25, -0.2) is 8.42 Å². The third-order valence-electron chi connectivity index (χ3n) is 1.88. The number of hydrogen-bond acceptors (Lipinski definition) is 4. The number of benzene rings is 1. The molecule has 0 unspecified atom stereocenters. The molecule has 0 bridgehead atoms. The topological polar surface area (TPSA) is 75.9 Å². The second-order valence-electron chi connectivity index (χ2n) is 2.83. The van der Waals surface area contributed by atoms with Gasteiger partial charge in [0.1, 0.15) is 0 Å². The van der Waals surface area contributed by atoms with E-state index in [0.29, 0.717) is 0 Å². The summed E-state index contributed by atoms with van der Waals surface area (Å²) in [7, 11) is -3.76. The Labute approximate surface area is 86.1 Å². The summed E-state index contributed by atoms with van der Waals surface area (Å²) in [4.78, 5) is 10.8. The summed E-state index contributed by atoms with van der Waals surface area (Å²) in [5.41, 5.74) is 0. The minimum Gasteiger partial charge on any atom is -0.264 e. The van der Waals surface area contributed by atoms with Gasteiger partial charge in [0.05, 0.1) is 11.1 Å². The molecular formula is C9H6N2O3S. The Morgan fingerprint density at radius 3 is 2.27 bits per heavy atom. The average Bonchev–Trinajstić information content (AvgIpc) is 2.66. The average molecular weight is 222 g/mol. The third kappa shape index (κ3) is 1.59. The van der Waals surface area contributed by atoms with Gasteiger partial charge in [0.2, 0.25) is 9.84 Å². The number of carbonyl (C=O) groups excluding carboxylic acids is 1. The number of rotatable bonds is 2. The summed E-state index contributed by atoms with van der Waals surface area (Å²) in [6.45, 7) is 0. The third-order valence-corrected chi connectivity index (χ3v) is 3.63. The van der Waals surface area contributed by atoms with Crippen LogP contribution in [-0.2, 0) is 14.6 Å². The van der Waals surface area contributed by atoms with E-state index in [2.05, 4.69) is 10.2 Å². The molecule has 1 amide bonds. The smallest absolute Gasteiger partial charge is 0.264 e. The quantitative estimate of drug-likeness (QED) is 0.756. The summed E-state index contributed by atoms with van der Waals surface area (Å²) in [6, 6.07) is 7.70. The predicted octanol–water partition coefficient (Wildman–Crippen LogP) is 1.29. The maximum atomic E-state index is 11.8. The maximum absolute atomic E-state index is 11.8. The van der Waals surface area contributed by atoms with Crippen LogP contribution in [-0.4, -0.2) is 14.3 Å². The summed E-state index contributed by atoms with van der Waals surface area (Å²) < 4.78 is 23.7. The molecule has 0 spiro atoms. The first-order valence-corrected chi connectivity index (χ1v) is 5.56. The van der Waals surface area contributed by atoms with Crippen molar-refractivity contribution >= 4 is 15.7 Å². The fourth-order valence-electron chi connectivity index (χ4n) is 1.15. The second-order valence-corrected chi connectivity index (χ2v) is 4.75. The van der Waals surface area contributed by atoms with E-state index < -0.39 is 15.7 Å². The van der Waals surface area contributed by atoms with Crippen molar-refractivity contribution in [3.63, 3.8) is 0 Å². The highest BCUT2D eigenvalue weighted by molar-refractivity contribution is 7.96. The molecule has 0 fully saturated rings. The van der Waals surface area contributed by atoms with Gasteiger partial charge in [-0.1, -0.05) is 18.2 Å². The Morgan fingerprint density at radius 2 is 1.73 bits per heavy atom. The van der Waals surface area contributed by atoms with Crippen LogP contribution in [0, 0.1) is 0 Å². The molecule has 0 saturated heterocycles. The Morgan fingerprint density at radius 1 is 1.07 bits per heavy atom. The van der Waals surface area contributed by atoms with Crippen LogP contribution < -0.4 is 0 Å². The van der Waals surface area contributed by atoms with Gasteiger partial charge in [0.25, 0.3) is 0 Å². The molecule has 1 aromatic rings. The van der Waals surface area contributed by atoms with Gasteiger partial charge in [-0.15, -0.1) is 5.11 Å². The second kappa shape index (κ2) is 3.39. The lowest BCUT2D eigenvalue weighted by Crippen LogP contribution is -2.09. The van der Waals surface area contributed by atoms with Crippen molar-refractivity contribution in [1.82, 2.24) is 0 Å². The first-order chi connectivity index (χ1) is 7.12. The van der Waals surface area contributed by atoms with Gasteiger partial charge in [-0.2, -0.15) is 5.11 Å². The van der Waals surface area contributed by atoms with E-state index in [9.17, 15) is 13.2 Å². The molecule has 76 valence electrons. The lowest BCUT2D eigenvalue weighted by molar-refractivity contribution is -0.113. The van der Waals surface area contributed by atoms with E-state index in [1.165, 1.54) is 12.1 Å². The summed E-state index contributed by atoms with van der Waals surface area (Å²) in [6.07, 6.45) is 0.963. The highest BCUT2D eigenvalue weighted by atomic mass is 32.2.